The van der Waals surface area contributed by atoms with Gasteiger partial charge in [-0.2, -0.15) is 0 Å². The highest BCUT2D eigenvalue weighted by molar-refractivity contribution is 5.96. The van der Waals surface area contributed by atoms with E-state index in [1.54, 1.807) is 24.3 Å². The average Bonchev–Trinajstić information content (AvgIpc) is 3.39. The summed E-state index contributed by atoms with van der Waals surface area (Å²) >= 11 is 0. The van der Waals surface area contributed by atoms with Gasteiger partial charge in [0.1, 0.15) is 12.1 Å². The van der Waals surface area contributed by atoms with E-state index in [9.17, 15) is 4.79 Å². The molecule has 3 aromatic rings. The van der Waals surface area contributed by atoms with Crippen molar-refractivity contribution in [3.05, 3.63) is 114 Å². The number of hydrogen-bond acceptors (Lipinski definition) is 5. The molecule has 0 unspecified atom stereocenters. The molecule has 7 nitrogen and oxygen atoms in total. The highest BCUT2D eigenvalue weighted by atomic mass is 35.5. The number of carbonyl (C=O) groups is 1. The molecule has 176 valence electrons. The third kappa shape index (κ3) is 5.68. The minimum atomic E-state index is -1.26. The summed E-state index contributed by atoms with van der Waals surface area (Å²) in [5.74, 6) is 0.128. The van der Waals surface area contributed by atoms with E-state index < -0.39 is 5.54 Å². The Balaban J connectivity index is 0.00000324. The minimum Gasteiger partial charge on any atom is -0.461 e. The van der Waals surface area contributed by atoms with Crippen LogP contribution < -0.4 is 16.4 Å². The Labute approximate surface area is 204 Å². The molecule has 0 aliphatic carbocycles. The van der Waals surface area contributed by atoms with Crippen LogP contribution in [0.2, 0.25) is 0 Å². The second kappa shape index (κ2) is 11.2. The van der Waals surface area contributed by atoms with Crippen LogP contribution in [0.25, 0.3) is 0 Å². The summed E-state index contributed by atoms with van der Waals surface area (Å²) in [7, 11) is 0. The van der Waals surface area contributed by atoms with Crippen LogP contribution >= 0.6 is 12.4 Å². The summed E-state index contributed by atoms with van der Waals surface area (Å²) in [5.41, 5.74) is 7.56. The normalized spacial score (nSPS) is 13.8. The van der Waals surface area contributed by atoms with Gasteiger partial charge >= 0.3 is 0 Å². The summed E-state index contributed by atoms with van der Waals surface area (Å²) in [5, 5.41) is 14.1. The number of halogens is 1. The second-order valence-corrected chi connectivity index (χ2v) is 7.76. The van der Waals surface area contributed by atoms with Crippen molar-refractivity contribution >= 4 is 29.8 Å². The molecule has 1 atom stereocenters. The zero-order valence-corrected chi connectivity index (χ0v) is 19.3. The molecule has 0 fully saturated rings. The SMILES string of the molecule is Cl.N=C(N)c1ccc(N[C@](Cc2ccccc2)(C(=O)NCc2ccccc2)C2=COCO2)cc1. The molecule has 0 spiro atoms. The van der Waals surface area contributed by atoms with Crippen molar-refractivity contribution in [3.8, 4) is 0 Å². The van der Waals surface area contributed by atoms with Crippen molar-refractivity contribution in [2.45, 2.75) is 18.5 Å². The first-order valence-corrected chi connectivity index (χ1v) is 10.6. The largest absolute Gasteiger partial charge is 0.461 e. The summed E-state index contributed by atoms with van der Waals surface area (Å²) in [4.78, 5) is 13.8. The third-order valence-corrected chi connectivity index (χ3v) is 5.44. The molecule has 1 amide bonds. The number of ether oxygens (including phenoxy) is 2. The number of amidine groups is 1. The minimum absolute atomic E-state index is 0. The Bertz CT molecular complexity index is 1140. The lowest BCUT2D eigenvalue weighted by atomic mass is 9.87. The summed E-state index contributed by atoms with van der Waals surface area (Å²) in [6, 6.07) is 26.5. The van der Waals surface area contributed by atoms with E-state index in [0.29, 0.717) is 30.0 Å². The van der Waals surface area contributed by atoms with E-state index in [2.05, 4.69) is 10.6 Å². The molecule has 34 heavy (non-hydrogen) atoms. The molecule has 0 saturated heterocycles. The molecule has 8 heteroatoms. The van der Waals surface area contributed by atoms with Crippen molar-refractivity contribution in [1.29, 1.82) is 5.41 Å². The molecular formula is C26H27ClN4O3. The van der Waals surface area contributed by atoms with Gasteiger partial charge in [0, 0.05) is 24.2 Å². The number of carbonyl (C=O) groups excluding carboxylic acids is 1. The van der Waals surface area contributed by atoms with Crippen LogP contribution in [0.4, 0.5) is 5.69 Å². The fourth-order valence-electron chi connectivity index (χ4n) is 3.72. The van der Waals surface area contributed by atoms with Crippen LogP contribution in [0.5, 0.6) is 0 Å². The molecule has 0 aromatic heterocycles. The van der Waals surface area contributed by atoms with Gasteiger partial charge in [0.15, 0.2) is 11.3 Å². The first-order valence-electron chi connectivity index (χ1n) is 10.6. The number of anilines is 1. The van der Waals surface area contributed by atoms with Gasteiger partial charge in [-0.1, -0.05) is 60.7 Å². The van der Waals surface area contributed by atoms with Crippen LogP contribution in [0.3, 0.4) is 0 Å². The molecule has 4 rings (SSSR count). The van der Waals surface area contributed by atoms with Gasteiger partial charge in [0.2, 0.25) is 6.79 Å². The van der Waals surface area contributed by atoms with Crippen LogP contribution in [0, 0.1) is 5.41 Å². The lowest BCUT2D eigenvalue weighted by Gasteiger charge is -2.34. The molecule has 1 heterocycles. The standard InChI is InChI=1S/C26H26N4O3.ClH/c27-24(28)21-11-13-22(14-12-21)30-26(23-17-32-18-33-23,15-19-7-3-1-4-8-19)25(31)29-16-20-9-5-2-6-10-20;/h1-14,17,30H,15-16,18H2,(H3,27,28)(H,29,31);1H/t26-;/m0./s1. The Morgan fingerprint density at radius 3 is 2.12 bits per heavy atom. The van der Waals surface area contributed by atoms with E-state index in [1.807, 2.05) is 60.7 Å². The van der Waals surface area contributed by atoms with Gasteiger partial charge < -0.3 is 25.8 Å². The fourth-order valence-corrected chi connectivity index (χ4v) is 3.72. The third-order valence-electron chi connectivity index (χ3n) is 5.44. The van der Waals surface area contributed by atoms with E-state index in [4.69, 9.17) is 20.6 Å². The van der Waals surface area contributed by atoms with E-state index >= 15 is 0 Å². The molecule has 0 saturated carbocycles. The van der Waals surface area contributed by atoms with Crippen molar-refractivity contribution in [3.63, 3.8) is 0 Å². The van der Waals surface area contributed by atoms with E-state index in [-0.39, 0.29) is 30.9 Å². The lowest BCUT2D eigenvalue weighted by Crippen LogP contribution is -2.55. The number of benzene rings is 3. The van der Waals surface area contributed by atoms with Gasteiger partial charge in [-0.25, -0.2) is 0 Å². The van der Waals surface area contributed by atoms with Gasteiger partial charge in [-0.05, 0) is 35.4 Å². The topological polar surface area (TPSA) is 109 Å². The molecule has 1 aliphatic rings. The smallest absolute Gasteiger partial charge is 0.254 e. The van der Waals surface area contributed by atoms with Crippen molar-refractivity contribution in [2.24, 2.45) is 5.73 Å². The predicted molar refractivity (Wildman–Crippen MR) is 135 cm³/mol. The van der Waals surface area contributed by atoms with E-state index in [1.165, 1.54) is 6.26 Å². The number of nitrogens with one attached hydrogen (secondary N) is 3. The quantitative estimate of drug-likeness (QED) is 0.275. The molecule has 0 bridgehead atoms. The van der Waals surface area contributed by atoms with Gasteiger partial charge in [0.25, 0.3) is 5.91 Å². The zero-order chi connectivity index (χ0) is 23.1. The Morgan fingerprint density at radius 2 is 1.56 bits per heavy atom. The number of hydrogen-bond donors (Lipinski definition) is 4. The number of nitrogens with two attached hydrogens (primary N) is 1. The fraction of sp³-hybridized carbons (Fsp3) is 0.154. The van der Waals surface area contributed by atoms with Crippen LogP contribution in [0.15, 0.2) is 97.0 Å². The summed E-state index contributed by atoms with van der Waals surface area (Å²) < 4.78 is 11.1. The zero-order valence-electron chi connectivity index (χ0n) is 18.5. The van der Waals surface area contributed by atoms with Crippen LogP contribution in [-0.2, 0) is 27.2 Å². The monoisotopic (exact) mass is 478 g/mol. The predicted octanol–water partition coefficient (Wildman–Crippen LogP) is 3.95. The lowest BCUT2D eigenvalue weighted by molar-refractivity contribution is -0.125. The maximum absolute atomic E-state index is 13.8. The number of nitrogen functional groups attached to an aromatic ring is 1. The maximum Gasteiger partial charge on any atom is 0.254 e. The second-order valence-electron chi connectivity index (χ2n) is 7.76. The number of rotatable bonds is 9. The average molecular weight is 479 g/mol. The molecule has 0 radical (unpaired) electrons. The first-order chi connectivity index (χ1) is 16.1. The summed E-state index contributed by atoms with van der Waals surface area (Å²) in [6.07, 6.45) is 1.82. The van der Waals surface area contributed by atoms with E-state index in [0.717, 1.165) is 11.1 Å². The van der Waals surface area contributed by atoms with Crippen molar-refractivity contribution in [1.82, 2.24) is 5.32 Å². The molecule has 3 aromatic carbocycles. The van der Waals surface area contributed by atoms with Gasteiger partial charge in [0.05, 0.1) is 0 Å². The Kier molecular flexibility index (Phi) is 8.16. The molecule has 1 aliphatic heterocycles. The number of amides is 1. The maximum atomic E-state index is 13.8. The van der Waals surface area contributed by atoms with Crippen molar-refractivity contribution in [2.75, 3.05) is 12.1 Å². The van der Waals surface area contributed by atoms with Crippen molar-refractivity contribution < 1.29 is 14.3 Å². The van der Waals surface area contributed by atoms with Gasteiger partial charge in [-0.15, -0.1) is 12.4 Å². The molecule has 5 N–H and O–H groups in total. The van der Waals surface area contributed by atoms with Crippen LogP contribution in [-0.4, -0.2) is 24.1 Å². The van der Waals surface area contributed by atoms with Gasteiger partial charge in [-0.3, -0.25) is 10.2 Å². The Morgan fingerprint density at radius 1 is 0.941 bits per heavy atom. The molecular weight excluding hydrogens is 452 g/mol. The first kappa shape index (κ1) is 24.7. The highest BCUT2D eigenvalue weighted by Gasteiger charge is 2.46. The van der Waals surface area contributed by atoms with Crippen LogP contribution in [0.1, 0.15) is 16.7 Å². The Hall–Kier alpha value is -3.97. The highest BCUT2D eigenvalue weighted by Crippen LogP contribution is 2.31. The summed E-state index contributed by atoms with van der Waals surface area (Å²) in [6.45, 7) is 0.415.